The van der Waals surface area contributed by atoms with E-state index in [4.69, 9.17) is 5.11 Å². The minimum Gasteiger partial charge on any atom is -0.389 e. The van der Waals surface area contributed by atoms with Crippen LogP contribution in [0, 0.1) is 5.92 Å². The molecule has 0 aromatic carbocycles. The Morgan fingerprint density at radius 3 is 2.47 bits per heavy atom. The SMILES string of the molecule is CC(C)Cc1nc(CO)sc1CNC(C)(C)C. The van der Waals surface area contributed by atoms with Gasteiger partial charge in [0.15, 0.2) is 0 Å². The van der Waals surface area contributed by atoms with Crippen LogP contribution in [0.1, 0.15) is 50.2 Å². The van der Waals surface area contributed by atoms with Gasteiger partial charge in [0.1, 0.15) is 5.01 Å². The monoisotopic (exact) mass is 256 g/mol. The molecule has 4 heteroatoms. The van der Waals surface area contributed by atoms with Crippen molar-refractivity contribution in [1.82, 2.24) is 10.3 Å². The summed E-state index contributed by atoms with van der Waals surface area (Å²) in [4.78, 5) is 5.76. The fraction of sp³-hybridized carbons (Fsp3) is 0.769. The molecule has 0 spiro atoms. The molecule has 17 heavy (non-hydrogen) atoms. The summed E-state index contributed by atoms with van der Waals surface area (Å²) in [5.74, 6) is 0.594. The van der Waals surface area contributed by atoms with E-state index in [1.165, 1.54) is 4.88 Å². The predicted molar refractivity (Wildman–Crippen MR) is 73.2 cm³/mol. The van der Waals surface area contributed by atoms with Gasteiger partial charge in [0.05, 0.1) is 12.3 Å². The van der Waals surface area contributed by atoms with Gasteiger partial charge in [0, 0.05) is 17.0 Å². The Labute approximate surface area is 108 Å². The number of aliphatic hydroxyl groups excluding tert-OH is 1. The molecule has 1 aromatic rings. The zero-order valence-electron chi connectivity index (χ0n) is 11.5. The molecule has 0 radical (unpaired) electrons. The Kier molecular flexibility index (Phi) is 5.10. The largest absolute Gasteiger partial charge is 0.389 e. The average Bonchev–Trinajstić information content (AvgIpc) is 2.55. The van der Waals surface area contributed by atoms with E-state index in [2.05, 4.69) is 44.9 Å². The molecule has 1 aromatic heterocycles. The van der Waals surface area contributed by atoms with Crippen LogP contribution in [0.2, 0.25) is 0 Å². The number of thiazole rings is 1. The first-order chi connectivity index (χ1) is 7.81. The normalized spacial score (nSPS) is 12.4. The molecular weight excluding hydrogens is 232 g/mol. The van der Waals surface area contributed by atoms with Gasteiger partial charge in [-0.15, -0.1) is 11.3 Å². The second-order valence-corrected chi connectivity index (χ2v) is 7.01. The Balaban J connectivity index is 2.77. The molecular formula is C13H24N2OS. The van der Waals surface area contributed by atoms with Crippen LogP contribution < -0.4 is 5.32 Å². The molecule has 98 valence electrons. The topological polar surface area (TPSA) is 45.2 Å². The van der Waals surface area contributed by atoms with Gasteiger partial charge in [-0.05, 0) is 33.1 Å². The second kappa shape index (κ2) is 5.94. The van der Waals surface area contributed by atoms with Crippen molar-refractivity contribution in [3.05, 3.63) is 15.6 Å². The van der Waals surface area contributed by atoms with E-state index in [0.29, 0.717) is 5.92 Å². The molecule has 0 unspecified atom stereocenters. The summed E-state index contributed by atoms with van der Waals surface area (Å²) in [5.41, 5.74) is 1.25. The number of nitrogens with one attached hydrogen (secondary N) is 1. The summed E-state index contributed by atoms with van der Waals surface area (Å²) in [6.07, 6.45) is 0.984. The fourth-order valence-electron chi connectivity index (χ4n) is 1.53. The van der Waals surface area contributed by atoms with E-state index in [1.54, 1.807) is 11.3 Å². The molecule has 0 saturated carbocycles. The first kappa shape index (κ1) is 14.6. The van der Waals surface area contributed by atoms with Gasteiger partial charge in [-0.2, -0.15) is 0 Å². The lowest BCUT2D eigenvalue weighted by atomic mass is 10.1. The van der Waals surface area contributed by atoms with Gasteiger partial charge in [-0.1, -0.05) is 13.8 Å². The van der Waals surface area contributed by atoms with Crippen molar-refractivity contribution in [2.75, 3.05) is 0 Å². The molecule has 0 bridgehead atoms. The molecule has 3 nitrogen and oxygen atoms in total. The van der Waals surface area contributed by atoms with Crippen LogP contribution in [0.15, 0.2) is 0 Å². The maximum absolute atomic E-state index is 9.17. The smallest absolute Gasteiger partial charge is 0.119 e. The lowest BCUT2D eigenvalue weighted by Crippen LogP contribution is -2.35. The van der Waals surface area contributed by atoms with E-state index >= 15 is 0 Å². The number of hydrogen-bond donors (Lipinski definition) is 2. The van der Waals surface area contributed by atoms with Crippen LogP contribution in [-0.2, 0) is 19.6 Å². The van der Waals surface area contributed by atoms with Crippen molar-refractivity contribution in [2.45, 2.75) is 59.7 Å². The zero-order valence-corrected chi connectivity index (χ0v) is 12.3. The molecule has 0 saturated heterocycles. The molecule has 0 amide bonds. The molecule has 0 fully saturated rings. The zero-order chi connectivity index (χ0) is 13.1. The Morgan fingerprint density at radius 2 is 2.00 bits per heavy atom. The highest BCUT2D eigenvalue weighted by molar-refractivity contribution is 7.11. The first-order valence-corrected chi connectivity index (χ1v) is 6.97. The fourth-order valence-corrected chi connectivity index (χ4v) is 2.43. The highest BCUT2D eigenvalue weighted by Gasteiger charge is 2.15. The van der Waals surface area contributed by atoms with E-state index in [-0.39, 0.29) is 12.1 Å². The molecule has 2 N–H and O–H groups in total. The summed E-state index contributed by atoms with van der Waals surface area (Å²) in [6, 6.07) is 0. The van der Waals surface area contributed by atoms with Gasteiger partial charge >= 0.3 is 0 Å². The molecule has 1 heterocycles. The lowest BCUT2D eigenvalue weighted by Gasteiger charge is -2.20. The van der Waals surface area contributed by atoms with Gasteiger partial charge < -0.3 is 10.4 Å². The number of rotatable bonds is 5. The molecule has 0 atom stereocenters. The predicted octanol–water partition coefficient (Wildman–Crippen LogP) is 2.72. The van der Waals surface area contributed by atoms with E-state index in [0.717, 1.165) is 23.7 Å². The summed E-state index contributed by atoms with van der Waals surface area (Å²) in [6.45, 7) is 11.7. The van der Waals surface area contributed by atoms with Crippen LogP contribution in [0.5, 0.6) is 0 Å². The minimum absolute atomic E-state index is 0.0469. The lowest BCUT2D eigenvalue weighted by molar-refractivity contribution is 0.281. The minimum atomic E-state index is 0.0469. The summed E-state index contributed by atoms with van der Waals surface area (Å²) >= 11 is 1.62. The quantitative estimate of drug-likeness (QED) is 0.851. The van der Waals surface area contributed by atoms with Crippen LogP contribution in [0.25, 0.3) is 0 Å². The maximum Gasteiger partial charge on any atom is 0.119 e. The summed E-state index contributed by atoms with van der Waals surface area (Å²) in [5, 5.41) is 13.5. The summed E-state index contributed by atoms with van der Waals surface area (Å²) in [7, 11) is 0. The number of aliphatic hydroxyl groups is 1. The third kappa shape index (κ3) is 5.15. The van der Waals surface area contributed by atoms with Gasteiger partial charge in [0.25, 0.3) is 0 Å². The average molecular weight is 256 g/mol. The second-order valence-electron chi connectivity index (χ2n) is 5.84. The van der Waals surface area contributed by atoms with Crippen molar-refractivity contribution in [3.63, 3.8) is 0 Å². The first-order valence-electron chi connectivity index (χ1n) is 6.15. The van der Waals surface area contributed by atoms with Gasteiger partial charge in [-0.25, -0.2) is 4.98 Å². The number of hydrogen-bond acceptors (Lipinski definition) is 4. The van der Waals surface area contributed by atoms with Crippen molar-refractivity contribution in [1.29, 1.82) is 0 Å². The molecule has 0 aliphatic rings. The van der Waals surface area contributed by atoms with Gasteiger partial charge in [0.2, 0.25) is 0 Å². The van der Waals surface area contributed by atoms with E-state index in [9.17, 15) is 0 Å². The Hall–Kier alpha value is -0.450. The Bertz CT molecular complexity index is 353. The Morgan fingerprint density at radius 1 is 1.35 bits per heavy atom. The molecule has 0 aliphatic carbocycles. The van der Waals surface area contributed by atoms with E-state index < -0.39 is 0 Å². The van der Waals surface area contributed by atoms with Crippen molar-refractivity contribution in [2.24, 2.45) is 5.92 Å². The van der Waals surface area contributed by atoms with E-state index in [1.807, 2.05) is 0 Å². The number of nitrogens with zero attached hydrogens (tertiary/aromatic N) is 1. The van der Waals surface area contributed by atoms with Crippen LogP contribution in [0.3, 0.4) is 0 Å². The summed E-state index contributed by atoms with van der Waals surface area (Å²) < 4.78 is 0. The number of aromatic nitrogens is 1. The van der Waals surface area contributed by atoms with Crippen LogP contribution in [-0.4, -0.2) is 15.6 Å². The standard InChI is InChI=1S/C13H24N2OS/c1-9(2)6-10-11(7-14-13(3,4)5)17-12(8-16)15-10/h9,14,16H,6-8H2,1-5H3. The van der Waals surface area contributed by atoms with Crippen molar-refractivity contribution < 1.29 is 5.11 Å². The third-order valence-electron chi connectivity index (χ3n) is 2.34. The molecule has 0 aliphatic heterocycles. The molecule has 1 rings (SSSR count). The maximum atomic E-state index is 9.17. The van der Waals surface area contributed by atoms with Crippen LogP contribution in [0.4, 0.5) is 0 Å². The van der Waals surface area contributed by atoms with Gasteiger partial charge in [-0.3, -0.25) is 0 Å². The van der Waals surface area contributed by atoms with Crippen LogP contribution >= 0.6 is 11.3 Å². The highest BCUT2D eigenvalue weighted by atomic mass is 32.1. The van der Waals surface area contributed by atoms with Crippen molar-refractivity contribution >= 4 is 11.3 Å². The van der Waals surface area contributed by atoms with Crippen molar-refractivity contribution in [3.8, 4) is 0 Å². The highest BCUT2D eigenvalue weighted by Crippen LogP contribution is 2.22. The third-order valence-corrected chi connectivity index (χ3v) is 3.42.